The average Bonchev–Trinajstić information content (AvgIpc) is 2.31. The van der Waals surface area contributed by atoms with E-state index in [1.807, 2.05) is 0 Å². The van der Waals surface area contributed by atoms with Crippen LogP contribution in [0.1, 0.15) is 13.8 Å². The monoisotopic (exact) mass is 205 g/mol. The fourth-order valence-electron chi connectivity index (χ4n) is 1.06. The summed E-state index contributed by atoms with van der Waals surface area (Å²) in [6.07, 6.45) is 0. The Morgan fingerprint density at radius 1 is 1.36 bits per heavy atom. The van der Waals surface area contributed by atoms with Gasteiger partial charge in [0.25, 0.3) is 5.91 Å². The summed E-state index contributed by atoms with van der Waals surface area (Å²) in [7, 11) is 0. The van der Waals surface area contributed by atoms with Crippen LogP contribution < -0.4 is 5.32 Å². The molecule has 1 saturated heterocycles. The Morgan fingerprint density at radius 2 is 1.86 bits per heavy atom. The van der Waals surface area contributed by atoms with Crippen LogP contribution in [0.2, 0.25) is 0 Å². The van der Waals surface area contributed by atoms with Crippen LogP contribution in [0, 0.1) is 0 Å². The summed E-state index contributed by atoms with van der Waals surface area (Å²) in [6.45, 7) is 4.24. The second-order valence-electron chi connectivity index (χ2n) is 3.79. The van der Waals surface area contributed by atoms with Gasteiger partial charge in [-0.15, -0.1) is 0 Å². The van der Waals surface area contributed by atoms with Crippen LogP contribution in [0.25, 0.3) is 0 Å². The van der Waals surface area contributed by atoms with Crippen molar-refractivity contribution in [1.82, 2.24) is 5.32 Å². The van der Waals surface area contributed by atoms with E-state index < -0.39 is 11.6 Å². The number of amides is 1. The molecular weight excluding hydrogens is 189 g/mol. The first kappa shape index (κ1) is 11.4. The van der Waals surface area contributed by atoms with Gasteiger partial charge in [-0.25, -0.2) is 4.39 Å². The SMILES string of the molecule is CC(C)(F)C(=O)NC1COCCOC1. The molecule has 0 spiro atoms. The van der Waals surface area contributed by atoms with Crippen LogP contribution >= 0.6 is 0 Å². The topological polar surface area (TPSA) is 47.6 Å². The summed E-state index contributed by atoms with van der Waals surface area (Å²) in [5.41, 5.74) is -1.85. The van der Waals surface area contributed by atoms with Gasteiger partial charge in [-0.05, 0) is 13.8 Å². The first-order valence-electron chi connectivity index (χ1n) is 4.65. The molecule has 0 aromatic rings. The summed E-state index contributed by atoms with van der Waals surface area (Å²) in [6, 6.07) is -0.250. The Kier molecular flexibility index (Phi) is 3.83. The van der Waals surface area contributed by atoms with Crippen molar-refractivity contribution in [2.45, 2.75) is 25.6 Å². The first-order chi connectivity index (χ1) is 6.50. The van der Waals surface area contributed by atoms with Gasteiger partial charge >= 0.3 is 0 Å². The minimum atomic E-state index is -1.85. The van der Waals surface area contributed by atoms with Gasteiger partial charge in [0.05, 0.1) is 32.5 Å². The van der Waals surface area contributed by atoms with Gasteiger partial charge in [0, 0.05) is 0 Å². The molecule has 14 heavy (non-hydrogen) atoms. The zero-order valence-corrected chi connectivity index (χ0v) is 8.51. The van der Waals surface area contributed by atoms with Gasteiger partial charge in [-0.3, -0.25) is 4.79 Å². The minimum absolute atomic E-state index is 0.250. The molecule has 0 saturated carbocycles. The maximum absolute atomic E-state index is 13.1. The van der Waals surface area contributed by atoms with Crippen molar-refractivity contribution in [1.29, 1.82) is 0 Å². The molecule has 0 aliphatic carbocycles. The van der Waals surface area contributed by atoms with E-state index in [1.165, 1.54) is 13.8 Å². The van der Waals surface area contributed by atoms with Crippen molar-refractivity contribution in [3.05, 3.63) is 0 Å². The van der Waals surface area contributed by atoms with E-state index in [9.17, 15) is 9.18 Å². The summed E-state index contributed by atoms with van der Waals surface area (Å²) in [5, 5.41) is 2.53. The van der Waals surface area contributed by atoms with E-state index in [1.54, 1.807) is 0 Å². The third-order valence-corrected chi connectivity index (χ3v) is 1.89. The number of nitrogens with one attached hydrogen (secondary N) is 1. The number of hydrogen-bond donors (Lipinski definition) is 1. The second-order valence-corrected chi connectivity index (χ2v) is 3.79. The molecule has 1 amide bonds. The lowest BCUT2D eigenvalue weighted by atomic mass is 10.1. The Morgan fingerprint density at radius 3 is 2.29 bits per heavy atom. The molecule has 1 fully saturated rings. The molecule has 0 aromatic carbocycles. The summed E-state index contributed by atoms with van der Waals surface area (Å²) in [5.74, 6) is -0.628. The number of carbonyl (C=O) groups excluding carboxylic acids is 1. The number of rotatable bonds is 2. The van der Waals surface area contributed by atoms with E-state index in [0.29, 0.717) is 26.4 Å². The quantitative estimate of drug-likeness (QED) is 0.703. The first-order valence-corrected chi connectivity index (χ1v) is 4.65. The number of alkyl halides is 1. The number of halogens is 1. The van der Waals surface area contributed by atoms with Gasteiger partial charge in [0.1, 0.15) is 0 Å². The molecule has 1 N–H and O–H groups in total. The molecular formula is C9H16FNO3. The average molecular weight is 205 g/mol. The zero-order chi connectivity index (χ0) is 10.6. The molecule has 0 radical (unpaired) electrons. The highest BCUT2D eigenvalue weighted by molar-refractivity contribution is 5.84. The van der Waals surface area contributed by atoms with Gasteiger partial charge < -0.3 is 14.8 Å². The Hall–Kier alpha value is -0.680. The molecule has 0 atom stereocenters. The number of carbonyl (C=O) groups is 1. The standard InChI is InChI=1S/C9H16FNO3/c1-9(2,10)8(12)11-7-5-13-3-4-14-6-7/h7H,3-6H2,1-2H3,(H,11,12). The molecule has 1 rings (SSSR count). The maximum atomic E-state index is 13.1. The van der Waals surface area contributed by atoms with Crippen molar-refractivity contribution in [2.75, 3.05) is 26.4 Å². The largest absolute Gasteiger partial charge is 0.377 e. The van der Waals surface area contributed by atoms with E-state index in [2.05, 4.69) is 5.32 Å². The fraction of sp³-hybridized carbons (Fsp3) is 0.889. The van der Waals surface area contributed by atoms with Crippen LogP contribution in [-0.4, -0.2) is 44.0 Å². The normalized spacial score (nSPS) is 20.2. The third kappa shape index (κ3) is 3.59. The molecule has 0 aromatic heterocycles. The highest BCUT2D eigenvalue weighted by Gasteiger charge is 2.28. The smallest absolute Gasteiger partial charge is 0.257 e. The van der Waals surface area contributed by atoms with Crippen LogP contribution in [0.15, 0.2) is 0 Å². The summed E-state index contributed by atoms with van der Waals surface area (Å²) >= 11 is 0. The van der Waals surface area contributed by atoms with E-state index in [0.717, 1.165) is 0 Å². The second kappa shape index (κ2) is 4.70. The lowest BCUT2D eigenvalue weighted by Gasteiger charge is -2.20. The Balaban J connectivity index is 2.38. The van der Waals surface area contributed by atoms with Crippen molar-refractivity contribution >= 4 is 5.91 Å². The number of ether oxygens (including phenoxy) is 2. The molecule has 5 heteroatoms. The van der Waals surface area contributed by atoms with E-state index in [-0.39, 0.29) is 6.04 Å². The molecule has 82 valence electrons. The summed E-state index contributed by atoms with van der Waals surface area (Å²) in [4.78, 5) is 11.2. The predicted molar refractivity (Wildman–Crippen MR) is 48.8 cm³/mol. The summed E-state index contributed by atoms with van der Waals surface area (Å²) < 4.78 is 23.5. The van der Waals surface area contributed by atoms with Crippen molar-refractivity contribution in [3.63, 3.8) is 0 Å². The third-order valence-electron chi connectivity index (χ3n) is 1.89. The highest BCUT2D eigenvalue weighted by atomic mass is 19.1. The fourth-order valence-corrected chi connectivity index (χ4v) is 1.06. The van der Waals surface area contributed by atoms with Crippen molar-refractivity contribution in [3.8, 4) is 0 Å². The Bertz CT molecular complexity index is 195. The van der Waals surface area contributed by atoms with Gasteiger partial charge in [0.15, 0.2) is 5.67 Å². The molecule has 1 aliphatic rings. The van der Waals surface area contributed by atoms with Crippen molar-refractivity contribution in [2.24, 2.45) is 0 Å². The highest BCUT2D eigenvalue weighted by Crippen LogP contribution is 2.08. The van der Waals surface area contributed by atoms with Crippen molar-refractivity contribution < 1.29 is 18.7 Å². The lowest BCUT2D eigenvalue weighted by molar-refractivity contribution is -0.132. The van der Waals surface area contributed by atoms with Gasteiger partial charge in [-0.1, -0.05) is 0 Å². The number of hydrogen-bond acceptors (Lipinski definition) is 3. The van der Waals surface area contributed by atoms with Crippen LogP contribution in [0.4, 0.5) is 4.39 Å². The molecule has 0 unspecified atom stereocenters. The lowest BCUT2D eigenvalue weighted by Crippen LogP contribution is -2.47. The molecule has 4 nitrogen and oxygen atoms in total. The molecule has 1 heterocycles. The van der Waals surface area contributed by atoms with Crippen LogP contribution in [0.3, 0.4) is 0 Å². The van der Waals surface area contributed by atoms with Gasteiger partial charge in [-0.2, -0.15) is 0 Å². The van der Waals surface area contributed by atoms with Crippen LogP contribution in [-0.2, 0) is 14.3 Å². The van der Waals surface area contributed by atoms with Crippen LogP contribution in [0.5, 0.6) is 0 Å². The predicted octanol–water partition coefficient (Wildman–Crippen LogP) is 0.266. The van der Waals surface area contributed by atoms with E-state index >= 15 is 0 Å². The molecule has 0 bridgehead atoms. The zero-order valence-electron chi connectivity index (χ0n) is 8.51. The Labute approximate surface area is 82.8 Å². The minimum Gasteiger partial charge on any atom is -0.377 e. The van der Waals surface area contributed by atoms with Gasteiger partial charge in [0.2, 0.25) is 0 Å². The molecule has 1 aliphatic heterocycles. The van der Waals surface area contributed by atoms with E-state index in [4.69, 9.17) is 9.47 Å². The maximum Gasteiger partial charge on any atom is 0.257 e.